The molecule has 85 heavy (non-hydrogen) atoms. The van der Waals surface area contributed by atoms with E-state index in [1.54, 1.807) is 28.3 Å². The Morgan fingerprint density at radius 2 is 1.12 bits per heavy atom. The molecule has 29 atom stereocenters. The normalized spacial score (nSPS) is 49.5. The summed E-state index contributed by atoms with van der Waals surface area (Å²) >= 11 is 0. The lowest BCUT2D eigenvalue weighted by Crippen LogP contribution is -2.75. The maximum absolute atomic E-state index is 13.6. The number of carbonyl (C=O) groups is 2. The fourth-order valence-corrected chi connectivity index (χ4v) is 16.2. The van der Waals surface area contributed by atoms with Gasteiger partial charge in [-0.2, -0.15) is 0 Å². The van der Waals surface area contributed by atoms with Gasteiger partial charge in [0, 0.05) is 77.4 Å². The molecule has 8 fully saturated rings. The first kappa shape index (κ1) is 67.2. The average molecular weight is 1210 g/mol. The van der Waals surface area contributed by atoms with E-state index in [1.165, 1.54) is 20.1 Å². The summed E-state index contributed by atoms with van der Waals surface area (Å²) in [5, 5.41) is 66.9. The molecule has 0 spiro atoms. The van der Waals surface area contributed by atoms with E-state index in [0.717, 1.165) is 11.1 Å². The fraction of sp³-hybridized carbons (Fsp3) is 0.903. The first-order valence-electron chi connectivity index (χ1n) is 31.0. The molecule has 5 heterocycles. The molecule has 0 bridgehead atoms. The van der Waals surface area contributed by atoms with E-state index in [4.69, 9.17) is 71.1 Å². The summed E-state index contributed by atoms with van der Waals surface area (Å²) in [6, 6.07) is 0. The zero-order valence-electron chi connectivity index (χ0n) is 52.3. The number of hydrogen-bond acceptors (Lipinski definition) is 23. The molecule has 486 valence electrons. The Hall–Kier alpha value is -2.18. The number of methoxy groups -OCH3 is 4. The Balaban J connectivity index is 0.773. The number of aliphatic hydroxyl groups excluding tert-OH is 4. The number of fused-ring (bicyclic) bond motifs is 5. The molecule has 0 amide bonds. The summed E-state index contributed by atoms with van der Waals surface area (Å²) in [5.41, 5.74) is -2.98. The topological polar surface area (TPSA) is 294 Å². The Morgan fingerprint density at radius 1 is 0.647 bits per heavy atom. The summed E-state index contributed by atoms with van der Waals surface area (Å²) in [5.74, 6) is -1.49. The Kier molecular flexibility index (Phi) is 21.3. The van der Waals surface area contributed by atoms with E-state index >= 15 is 0 Å². The number of rotatable bonds is 19. The van der Waals surface area contributed by atoms with Crippen molar-refractivity contribution in [2.45, 2.75) is 292 Å². The summed E-state index contributed by atoms with van der Waals surface area (Å²) in [4.78, 5) is 26.9. The fourth-order valence-electron chi connectivity index (χ4n) is 16.2. The summed E-state index contributed by atoms with van der Waals surface area (Å²) in [6.45, 7) is 18.3. The molecular weight excluding hydrogens is 1110 g/mol. The van der Waals surface area contributed by atoms with Crippen molar-refractivity contribution in [3.8, 4) is 0 Å². The van der Waals surface area contributed by atoms with Crippen LogP contribution in [0.4, 0.5) is 0 Å². The number of allylic oxidation sites excluding steroid dienone is 1. The van der Waals surface area contributed by atoms with E-state index < -0.39 is 182 Å². The van der Waals surface area contributed by atoms with Gasteiger partial charge in [0.25, 0.3) is 0 Å². The van der Waals surface area contributed by atoms with E-state index in [9.17, 15) is 40.2 Å². The number of hydrogen-bond donors (Lipinski definition) is 6. The number of aliphatic hydroxyl groups is 6. The van der Waals surface area contributed by atoms with E-state index in [0.29, 0.717) is 51.4 Å². The predicted molar refractivity (Wildman–Crippen MR) is 300 cm³/mol. The molecule has 5 saturated heterocycles. The molecule has 9 aliphatic rings. The molecule has 0 unspecified atom stereocenters. The van der Waals surface area contributed by atoms with Crippen molar-refractivity contribution in [1.29, 1.82) is 0 Å². The standard InChI is InChI=1S/C62H100O23/c1-29(2)30(3)21-46(65)81-45-27-44-59(9)18-16-37(22-36(59)15-19-61(44,69)62(70)20-17-38(31(4)64)60(45,62)10)79-47-23-39(71-11)54(32(5)75-47)82-48-24-40(72-12)55(33(6)76-48)83-49-25-41(73-13)56(34(7)77-49)84-50-26-42(74-14)57(35(8)78-50)85-58-53(68)52(67)51(66)43(28-63)80-58/h15,21,29,32-35,37-45,47-58,63,66-70H,16-20,22-28H2,1-14H3/b30-21+/t32-,33-,34-,35-,37-,38-,39-,40-,41-,42-,43+,44-,45-,47+,48+,49+,50+,51+,52-,53+,54-,55-,56-,57-,58-,59+,60+,61-,62+/m1/s1. The largest absolute Gasteiger partial charge is 0.458 e. The number of Topliss-reactive ketones (excluding diaryl/α,β-unsaturated/α-hetero) is 1. The van der Waals surface area contributed by atoms with Crippen LogP contribution < -0.4 is 0 Å². The lowest BCUT2D eigenvalue weighted by atomic mass is 9.43. The molecular formula is C62H100O23. The third-order valence-electron chi connectivity index (χ3n) is 21.5. The summed E-state index contributed by atoms with van der Waals surface area (Å²) in [7, 11) is 6.38. The van der Waals surface area contributed by atoms with Crippen LogP contribution in [0.5, 0.6) is 0 Å². The second-order valence-corrected chi connectivity index (χ2v) is 26.6. The minimum Gasteiger partial charge on any atom is -0.458 e. The zero-order chi connectivity index (χ0) is 61.8. The third kappa shape index (κ3) is 12.8. The van der Waals surface area contributed by atoms with Crippen LogP contribution in [0.3, 0.4) is 0 Å². The van der Waals surface area contributed by atoms with Crippen molar-refractivity contribution in [3.63, 3.8) is 0 Å². The van der Waals surface area contributed by atoms with Gasteiger partial charge in [-0.1, -0.05) is 44.9 Å². The van der Waals surface area contributed by atoms with Gasteiger partial charge in [-0.05, 0) is 97.8 Å². The predicted octanol–water partition coefficient (Wildman–Crippen LogP) is 3.83. The number of ketones is 1. The molecule has 6 N–H and O–H groups in total. The highest BCUT2D eigenvalue weighted by Gasteiger charge is 2.77. The van der Waals surface area contributed by atoms with Gasteiger partial charge in [-0.25, -0.2) is 4.79 Å². The second-order valence-electron chi connectivity index (χ2n) is 26.6. The molecule has 0 radical (unpaired) electrons. The SMILES string of the molecule is CO[C@@H]1C[C@H](O[C@@H]2CC[C@@]3(C)C(=CC[C@@]4(O)[C@@H]3C[C@@H](OC(=O)/C=C(\C)C(C)C)[C@]3(C)[C@@H](C(C)=O)CC[C@]34O)C2)O[C@H](C)[C@H]1O[C@H]1C[C@@H](OC)[C@H](O[C@H]2C[C@@H](OC)[C@H](O[C@H]3C[C@@H](OC)[C@H](O[C@H]4O[C@@H](CO)[C@H](O)[C@@H](O)[C@@H]4O)[C@@H](C)O3)[C@@H](C)O2)[C@@H](C)O1. The monoisotopic (exact) mass is 1210 g/mol. The van der Waals surface area contributed by atoms with Crippen LogP contribution >= 0.6 is 0 Å². The molecule has 9 rings (SSSR count). The molecule has 3 saturated carbocycles. The van der Waals surface area contributed by atoms with Gasteiger partial charge < -0.3 is 102 Å². The first-order valence-corrected chi connectivity index (χ1v) is 31.0. The van der Waals surface area contributed by atoms with E-state index in [2.05, 4.69) is 13.0 Å². The van der Waals surface area contributed by atoms with Crippen molar-refractivity contribution in [2.24, 2.45) is 28.6 Å². The summed E-state index contributed by atoms with van der Waals surface area (Å²) < 4.78 is 94.5. The van der Waals surface area contributed by atoms with Gasteiger partial charge in [0.1, 0.15) is 71.9 Å². The maximum atomic E-state index is 13.6. The molecule has 0 aromatic carbocycles. The van der Waals surface area contributed by atoms with Crippen LogP contribution in [0.25, 0.3) is 0 Å². The van der Waals surface area contributed by atoms with Gasteiger partial charge in [0.2, 0.25) is 0 Å². The molecule has 23 nitrogen and oxygen atoms in total. The first-order chi connectivity index (χ1) is 40.2. The highest BCUT2D eigenvalue weighted by Crippen LogP contribution is 2.70. The van der Waals surface area contributed by atoms with Crippen LogP contribution in [-0.4, -0.2) is 230 Å². The van der Waals surface area contributed by atoms with Crippen molar-refractivity contribution in [2.75, 3.05) is 35.0 Å². The zero-order valence-corrected chi connectivity index (χ0v) is 52.3. The highest BCUT2D eigenvalue weighted by atomic mass is 16.8. The number of ether oxygens (including phenoxy) is 15. The Bertz CT molecular complexity index is 2340. The van der Waals surface area contributed by atoms with Crippen molar-refractivity contribution < 1.29 is 111 Å². The maximum Gasteiger partial charge on any atom is 0.330 e. The number of carbonyl (C=O) groups excluding carboxylic acids is 2. The van der Waals surface area contributed by atoms with Crippen LogP contribution in [0.2, 0.25) is 0 Å². The van der Waals surface area contributed by atoms with Crippen LogP contribution in [0.1, 0.15) is 140 Å². The highest BCUT2D eigenvalue weighted by molar-refractivity contribution is 5.83. The average Bonchev–Trinajstić information content (AvgIpc) is 1.65. The second kappa shape index (κ2) is 27.0. The molecule has 4 aliphatic carbocycles. The smallest absolute Gasteiger partial charge is 0.330 e. The summed E-state index contributed by atoms with van der Waals surface area (Å²) in [6.07, 6.45) is -9.60. The third-order valence-corrected chi connectivity index (χ3v) is 21.5. The lowest BCUT2D eigenvalue weighted by Gasteiger charge is -2.66. The van der Waals surface area contributed by atoms with Gasteiger partial charge in [0.15, 0.2) is 31.5 Å². The minimum atomic E-state index is -1.68. The van der Waals surface area contributed by atoms with E-state index in [-0.39, 0.29) is 37.1 Å². The van der Waals surface area contributed by atoms with Crippen LogP contribution in [0, 0.1) is 28.6 Å². The quantitative estimate of drug-likeness (QED) is 0.0608. The molecule has 5 aliphatic heterocycles. The molecule has 0 aromatic rings. The Labute approximate surface area is 500 Å². The molecule has 0 aromatic heterocycles. The van der Waals surface area contributed by atoms with Gasteiger partial charge in [0.05, 0.1) is 61.5 Å². The minimum absolute atomic E-state index is 0.0852. The van der Waals surface area contributed by atoms with Crippen LogP contribution in [-0.2, 0) is 80.6 Å². The van der Waals surface area contributed by atoms with Crippen molar-refractivity contribution in [3.05, 3.63) is 23.3 Å². The van der Waals surface area contributed by atoms with E-state index in [1.807, 2.05) is 48.5 Å². The van der Waals surface area contributed by atoms with Gasteiger partial charge in [-0.3, -0.25) is 4.79 Å². The van der Waals surface area contributed by atoms with Crippen molar-refractivity contribution >= 4 is 11.8 Å². The lowest BCUT2D eigenvalue weighted by molar-refractivity contribution is -0.358. The van der Waals surface area contributed by atoms with Crippen LogP contribution in [0.15, 0.2) is 23.3 Å². The van der Waals surface area contributed by atoms with Gasteiger partial charge in [-0.15, -0.1) is 0 Å². The Morgan fingerprint density at radius 3 is 1.56 bits per heavy atom. The molecule has 23 heteroatoms. The van der Waals surface area contributed by atoms with Gasteiger partial charge >= 0.3 is 5.97 Å². The number of esters is 1. The van der Waals surface area contributed by atoms with Crippen molar-refractivity contribution in [1.82, 2.24) is 0 Å².